The summed E-state index contributed by atoms with van der Waals surface area (Å²) in [5, 5.41) is 2.90. The Morgan fingerprint density at radius 2 is 1.89 bits per heavy atom. The molecule has 1 aromatic carbocycles. The molecule has 0 aliphatic carbocycles. The second-order valence-corrected chi connectivity index (χ2v) is 5.61. The molecule has 1 rings (SSSR count). The minimum absolute atomic E-state index is 0.270. The predicted octanol–water partition coefficient (Wildman–Crippen LogP) is 2.45. The molecular weight excluding hydrogens is 253 g/mol. The van der Waals surface area contributed by atoms with Gasteiger partial charge in [0.25, 0.3) is 0 Å². The van der Waals surface area contributed by atoms with Crippen LogP contribution in [0.4, 0.5) is 5.69 Å². The number of benzene rings is 1. The minimum atomic E-state index is -3.39. The van der Waals surface area contributed by atoms with E-state index in [-0.39, 0.29) is 13.2 Å². The number of anilines is 1. The summed E-state index contributed by atoms with van der Waals surface area (Å²) in [7, 11) is -3.39. The molecule has 6 heteroatoms. The fraction of sp³-hybridized carbons (Fsp3) is 0.417. The van der Waals surface area contributed by atoms with Gasteiger partial charge in [-0.1, -0.05) is 11.6 Å². The molecule has 5 nitrogen and oxygen atoms in total. The molecular formula is C12H18NO4P. The summed E-state index contributed by atoms with van der Waals surface area (Å²) >= 11 is 0. The van der Waals surface area contributed by atoms with Gasteiger partial charge in [-0.05, 0) is 32.9 Å². The zero-order valence-electron chi connectivity index (χ0n) is 10.8. The summed E-state index contributed by atoms with van der Waals surface area (Å²) in [5.41, 5.74) is 1.36. The summed E-state index contributed by atoms with van der Waals surface area (Å²) < 4.78 is 23.2. The minimum Gasteiger partial charge on any atom is -0.328 e. The first kappa shape index (κ1) is 14.9. The van der Waals surface area contributed by atoms with Gasteiger partial charge in [-0.15, -0.1) is 0 Å². The average Bonchev–Trinajstić information content (AvgIpc) is 2.32. The highest BCUT2D eigenvalue weighted by atomic mass is 31.2. The van der Waals surface area contributed by atoms with Gasteiger partial charge >= 0.3 is 7.60 Å². The quantitative estimate of drug-likeness (QED) is 0.611. The van der Waals surface area contributed by atoms with E-state index in [0.29, 0.717) is 17.4 Å². The first-order valence-corrected chi connectivity index (χ1v) is 7.32. The van der Waals surface area contributed by atoms with Gasteiger partial charge in [-0.2, -0.15) is 0 Å². The Morgan fingerprint density at radius 3 is 2.39 bits per heavy atom. The van der Waals surface area contributed by atoms with E-state index >= 15 is 0 Å². The average molecular weight is 271 g/mol. The van der Waals surface area contributed by atoms with Crippen molar-refractivity contribution in [1.82, 2.24) is 0 Å². The van der Waals surface area contributed by atoms with E-state index in [1.54, 1.807) is 26.0 Å². The molecule has 1 N–H and O–H groups in total. The summed E-state index contributed by atoms with van der Waals surface area (Å²) in [6.07, 6.45) is 0.538. The maximum atomic E-state index is 12.7. The fourth-order valence-electron chi connectivity index (χ4n) is 1.57. The van der Waals surface area contributed by atoms with Crippen molar-refractivity contribution in [2.45, 2.75) is 20.8 Å². The van der Waals surface area contributed by atoms with E-state index in [2.05, 4.69) is 5.32 Å². The first-order chi connectivity index (χ1) is 8.57. The van der Waals surface area contributed by atoms with Crippen LogP contribution in [0.5, 0.6) is 0 Å². The van der Waals surface area contributed by atoms with Crippen LogP contribution in [0.1, 0.15) is 19.4 Å². The molecule has 0 unspecified atom stereocenters. The summed E-state index contributed by atoms with van der Waals surface area (Å²) in [6, 6.07) is 5.21. The number of rotatable bonds is 7. The van der Waals surface area contributed by atoms with Gasteiger partial charge < -0.3 is 14.4 Å². The molecule has 1 amide bonds. The lowest BCUT2D eigenvalue weighted by Crippen LogP contribution is -2.16. The van der Waals surface area contributed by atoms with E-state index in [1.807, 2.05) is 13.0 Å². The second kappa shape index (κ2) is 6.69. The Labute approximate surface area is 107 Å². The molecule has 0 radical (unpaired) electrons. The number of amides is 1. The van der Waals surface area contributed by atoms with Crippen LogP contribution >= 0.6 is 7.60 Å². The maximum absolute atomic E-state index is 12.7. The molecule has 0 aliphatic heterocycles. The molecule has 0 fully saturated rings. The molecule has 18 heavy (non-hydrogen) atoms. The largest absolute Gasteiger partial charge is 0.363 e. The number of hydrogen-bond acceptors (Lipinski definition) is 4. The SMILES string of the molecule is CCOP(=O)(OCC)c1cc(C)ccc1NC=O. The van der Waals surface area contributed by atoms with Crippen LogP contribution in [0, 0.1) is 6.92 Å². The highest BCUT2D eigenvalue weighted by Gasteiger charge is 2.29. The molecule has 0 atom stereocenters. The van der Waals surface area contributed by atoms with Crippen LogP contribution in [0.25, 0.3) is 0 Å². The van der Waals surface area contributed by atoms with E-state index in [0.717, 1.165) is 5.56 Å². The van der Waals surface area contributed by atoms with Crippen molar-refractivity contribution in [2.75, 3.05) is 18.5 Å². The van der Waals surface area contributed by atoms with Crippen molar-refractivity contribution in [2.24, 2.45) is 0 Å². The Kier molecular flexibility index (Phi) is 5.54. The Balaban J connectivity index is 3.28. The summed E-state index contributed by atoms with van der Waals surface area (Å²) in [4.78, 5) is 10.6. The van der Waals surface area contributed by atoms with E-state index < -0.39 is 7.60 Å². The second-order valence-electron chi connectivity index (χ2n) is 3.62. The number of carbonyl (C=O) groups excluding carboxylic acids is 1. The number of nitrogens with one attached hydrogen (secondary N) is 1. The fourth-order valence-corrected chi connectivity index (χ4v) is 3.40. The molecule has 0 heterocycles. The van der Waals surface area contributed by atoms with Crippen LogP contribution < -0.4 is 10.6 Å². The lowest BCUT2D eigenvalue weighted by atomic mass is 10.2. The van der Waals surface area contributed by atoms with Crippen LogP contribution in [0.3, 0.4) is 0 Å². The molecule has 0 aromatic heterocycles. The summed E-state index contributed by atoms with van der Waals surface area (Å²) in [5.74, 6) is 0. The maximum Gasteiger partial charge on any atom is 0.363 e. The molecule has 0 saturated carbocycles. The van der Waals surface area contributed by atoms with E-state index in [4.69, 9.17) is 9.05 Å². The normalized spacial score (nSPS) is 11.3. The number of hydrogen-bond donors (Lipinski definition) is 1. The zero-order chi connectivity index (χ0) is 13.6. The van der Waals surface area contributed by atoms with Crippen molar-refractivity contribution >= 4 is 25.0 Å². The molecule has 0 saturated heterocycles. The highest BCUT2D eigenvalue weighted by molar-refractivity contribution is 7.62. The smallest absolute Gasteiger partial charge is 0.328 e. The zero-order valence-corrected chi connectivity index (χ0v) is 11.7. The van der Waals surface area contributed by atoms with Crippen molar-refractivity contribution in [3.8, 4) is 0 Å². The van der Waals surface area contributed by atoms with Gasteiger partial charge in [0.15, 0.2) is 0 Å². The van der Waals surface area contributed by atoms with Crippen LogP contribution in [-0.2, 0) is 18.4 Å². The Hall–Kier alpha value is -1.16. The summed E-state index contributed by atoms with van der Waals surface area (Å²) in [6.45, 7) is 5.90. The molecule has 0 bridgehead atoms. The van der Waals surface area contributed by atoms with Crippen LogP contribution in [-0.4, -0.2) is 19.6 Å². The molecule has 100 valence electrons. The lowest BCUT2D eigenvalue weighted by molar-refractivity contribution is -0.105. The first-order valence-electron chi connectivity index (χ1n) is 5.78. The van der Waals surface area contributed by atoms with Crippen LogP contribution in [0.15, 0.2) is 18.2 Å². The third-order valence-corrected chi connectivity index (χ3v) is 4.42. The van der Waals surface area contributed by atoms with E-state index in [1.165, 1.54) is 0 Å². The molecule has 0 aliphatic rings. The van der Waals surface area contributed by atoms with Crippen molar-refractivity contribution in [1.29, 1.82) is 0 Å². The lowest BCUT2D eigenvalue weighted by Gasteiger charge is -2.20. The van der Waals surface area contributed by atoms with Gasteiger partial charge in [0.1, 0.15) is 0 Å². The van der Waals surface area contributed by atoms with Gasteiger partial charge in [0, 0.05) is 0 Å². The van der Waals surface area contributed by atoms with Gasteiger partial charge in [-0.3, -0.25) is 9.36 Å². The van der Waals surface area contributed by atoms with Crippen molar-refractivity contribution in [3.05, 3.63) is 23.8 Å². The van der Waals surface area contributed by atoms with Gasteiger partial charge in [0.2, 0.25) is 6.41 Å². The van der Waals surface area contributed by atoms with E-state index in [9.17, 15) is 9.36 Å². The molecule has 1 aromatic rings. The number of aryl methyl sites for hydroxylation is 1. The standard InChI is InChI=1S/C12H18NO4P/c1-4-16-18(15,17-5-2)12-8-10(3)6-7-11(12)13-9-14/h6-9H,4-5H2,1-3H3,(H,13,14). The Bertz CT molecular complexity index is 451. The third kappa shape index (κ3) is 3.42. The van der Waals surface area contributed by atoms with Gasteiger partial charge in [-0.25, -0.2) is 0 Å². The topological polar surface area (TPSA) is 64.6 Å². The highest BCUT2D eigenvalue weighted by Crippen LogP contribution is 2.48. The van der Waals surface area contributed by atoms with Crippen LogP contribution in [0.2, 0.25) is 0 Å². The van der Waals surface area contributed by atoms with Crippen molar-refractivity contribution < 1.29 is 18.4 Å². The third-order valence-electron chi connectivity index (χ3n) is 2.26. The Morgan fingerprint density at radius 1 is 1.28 bits per heavy atom. The molecule has 0 spiro atoms. The van der Waals surface area contributed by atoms with Crippen molar-refractivity contribution in [3.63, 3.8) is 0 Å². The van der Waals surface area contributed by atoms with Gasteiger partial charge in [0.05, 0.1) is 24.2 Å². The monoisotopic (exact) mass is 271 g/mol. The predicted molar refractivity (Wildman–Crippen MR) is 71.4 cm³/mol. The number of carbonyl (C=O) groups is 1.